The van der Waals surface area contributed by atoms with Crippen molar-refractivity contribution in [1.82, 2.24) is 9.55 Å². The smallest absolute Gasteiger partial charge is 0.324 e. The van der Waals surface area contributed by atoms with Crippen molar-refractivity contribution in [2.45, 2.75) is 45.9 Å². The summed E-state index contributed by atoms with van der Waals surface area (Å²) in [6, 6.07) is 3.33. The zero-order valence-electron chi connectivity index (χ0n) is 17.7. The highest BCUT2D eigenvalue weighted by molar-refractivity contribution is 7.91. The van der Waals surface area contributed by atoms with Crippen LogP contribution in [-0.4, -0.2) is 50.9 Å². The van der Waals surface area contributed by atoms with Crippen LogP contribution in [0.2, 0.25) is 0 Å². The van der Waals surface area contributed by atoms with Crippen molar-refractivity contribution in [2.75, 3.05) is 31.2 Å². The van der Waals surface area contributed by atoms with Crippen LogP contribution in [0.5, 0.6) is 0 Å². The van der Waals surface area contributed by atoms with Crippen molar-refractivity contribution >= 4 is 33.9 Å². The molecule has 2 heterocycles. The van der Waals surface area contributed by atoms with Gasteiger partial charge in [-0.15, -0.1) is 0 Å². The Bertz CT molecular complexity index is 1030. The van der Waals surface area contributed by atoms with E-state index >= 15 is 0 Å². The van der Waals surface area contributed by atoms with Gasteiger partial charge in [-0.2, -0.15) is 8.78 Å². The fourth-order valence-corrected chi connectivity index (χ4v) is 3.81. The van der Waals surface area contributed by atoms with Crippen molar-refractivity contribution < 1.29 is 18.1 Å². The number of alkyl halides is 2. The van der Waals surface area contributed by atoms with Crippen LogP contribution < -0.4 is 10.5 Å². The first-order valence-corrected chi connectivity index (χ1v) is 10.8. The molecule has 0 radical (unpaired) electrons. The maximum absolute atomic E-state index is 13.8. The lowest BCUT2D eigenvalue weighted by Gasteiger charge is -2.29. The Labute approximate surface area is 177 Å². The standard InChI is InChI=1S/C20H26F2N4O3S/c1-12-10-14(13(2)24-30(28)20(3,4)5)16-15(11-12)17(27)26(18(21)22)19(23-16)25-6-8-29-9-7-25/h10-11,18H,6-9H2,1-5H3/b24-13-/t30-/m1/s1. The van der Waals surface area contributed by atoms with E-state index in [4.69, 9.17) is 4.74 Å². The topological polar surface area (TPSA) is 82.8 Å². The summed E-state index contributed by atoms with van der Waals surface area (Å²) in [6.45, 7) is 7.29. The number of fused-ring (bicyclic) bond motifs is 1. The molecule has 0 bridgehead atoms. The average Bonchev–Trinajstić information content (AvgIpc) is 2.67. The molecular weight excluding hydrogens is 414 g/mol. The lowest BCUT2D eigenvalue weighted by atomic mass is 10.0. The maximum Gasteiger partial charge on any atom is 0.324 e. The molecule has 0 N–H and O–H groups in total. The summed E-state index contributed by atoms with van der Waals surface area (Å²) in [4.78, 5) is 19.1. The third-order valence-electron chi connectivity index (χ3n) is 4.75. The number of nitrogens with zero attached hydrogens (tertiary/aromatic N) is 4. The van der Waals surface area contributed by atoms with Crippen molar-refractivity contribution in [3.8, 4) is 0 Å². The van der Waals surface area contributed by atoms with Gasteiger partial charge in [0.25, 0.3) is 5.56 Å². The van der Waals surface area contributed by atoms with E-state index in [2.05, 4.69) is 9.38 Å². The van der Waals surface area contributed by atoms with Crippen LogP contribution in [0.4, 0.5) is 14.7 Å². The molecule has 10 heteroatoms. The number of hydrogen-bond donors (Lipinski definition) is 0. The molecule has 30 heavy (non-hydrogen) atoms. The lowest BCUT2D eigenvalue weighted by molar-refractivity contribution is 0.0650. The monoisotopic (exact) mass is 440 g/mol. The summed E-state index contributed by atoms with van der Waals surface area (Å²) in [5.74, 6) is -0.0966. The van der Waals surface area contributed by atoms with Crippen LogP contribution in [0.25, 0.3) is 10.9 Å². The van der Waals surface area contributed by atoms with Gasteiger partial charge >= 0.3 is 6.55 Å². The maximum atomic E-state index is 13.8. The number of aromatic nitrogens is 2. The number of aryl methyl sites for hydroxylation is 1. The molecule has 0 amide bonds. The minimum atomic E-state index is -3.03. The number of ether oxygens (including phenoxy) is 1. The van der Waals surface area contributed by atoms with Crippen LogP contribution in [0, 0.1) is 6.92 Å². The summed E-state index contributed by atoms with van der Waals surface area (Å²) in [7, 11) is 0. The second kappa shape index (κ2) is 8.60. The number of benzene rings is 1. The molecule has 2 aromatic rings. The third-order valence-corrected chi connectivity index (χ3v) is 6.24. The molecule has 0 saturated carbocycles. The van der Waals surface area contributed by atoms with Gasteiger partial charge in [0.2, 0.25) is 5.95 Å². The highest BCUT2D eigenvalue weighted by Gasteiger charge is 2.28. The number of hydrogen-bond acceptors (Lipinski definition) is 6. The van der Waals surface area contributed by atoms with Crippen LogP contribution in [0.1, 0.15) is 45.4 Å². The molecule has 7 nitrogen and oxygen atoms in total. The van der Waals surface area contributed by atoms with Gasteiger partial charge in [0, 0.05) is 18.7 Å². The minimum absolute atomic E-state index is 0.0819. The molecule has 0 spiro atoms. The summed E-state index contributed by atoms with van der Waals surface area (Å²) in [6.07, 6.45) is 0. The zero-order valence-corrected chi connectivity index (χ0v) is 18.6. The van der Waals surface area contributed by atoms with Gasteiger partial charge in [-0.3, -0.25) is 4.79 Å². The van der Waals surface area contributed by atoms with E-state index in [1.165, 1.54) is 0 Å². The highest BCUT2D eigenvalue weighted by atomic mass is 32.2. The molecule has 0 aliphatic carbocycles. The van der Waals surface area contributed by atoms with Crippen LogP contribution in [0.3, 0.4) is 0 Å². The summed E-state index contributed by atoms with van der Waals surface area (Å²) in [5, 5.41) is 0.0819. The molecule has 1 aliphatic heterocycles. The van der Waals surface area contributed by atoms with Gasteiger partial charge in [-0.05, 0) is 52.3 Å². The SMILES string of the molecule is C/C(=N/[S@+]([O-])C(C)(C)C)c1cc(C)cc2c(=O)n(C(F)F)c(N3CCOCC3)nc12. The van der Waals surface area contributed by atoms with E-state index in [-0.39, 0.29) is 16.9 Å². The van der Waals surface area contributed by atoms with E-state index < -0.39 is 28.2 Å². The summed E-state index contributed by atoms with van der Waals surface area (Å²) >= 11 is -1.51. The molecule has 1 fully saturated rings. The van der Waals surface area contributed by atoms with Gasteiger partial charge in [0.05, 0.1) is 29.8 Å². The lowest BCUT2D eigenvalue weighted by Crippen LogP contribution is -2.41. The van der Waals surface area contributed by atoms with Gasteiger partial charge < -0.3 is 14.2 Å². The largest absolute Gasteiger partial charge is 0.591 e. The van der Waals surface area contributed by atoms with E-state index in [1.54, 1.807) is 30.9 Å². The first-order chi connectivity index (χ1) is 14.0. The number of anilines is 1. The first kappa shape index (κ1) is 22.6. The molecular formula is C20H26F2N4O3S. The third kappa shape index (κ3) is 4.50. The van der Waals surface area contributed by atoms with E-state index in [0.29, 0.717) is 47.7 Å². The Morgan fingerprint density at radius 3 is 2.50 bits per heavy atom. The fraction of sp³-hybridized carbons (Fsp3) is 0.550. The van der Waals surface area contributed by atoms with Gasteiger partial charge in [0.15, 0.2) is 0 Å². The minimum Gasteiger partial charge on any atom is -0.591 e. The summed E-state index contributed by atoms with van der Waals surface area (Å²) < 4.78 is 49.6. The zero-order chi connectivity index (χ0) is 22.2. The van der Waals surface area contributed by atoms with Gasteiger partial charge in [0.1, 0.15) is 16.1 Å². The fourth-order valence-electron chi connectivity index (χ4n) is 3.19. The Hall–Kier alpha value is -2.04. The second-order valence-corrected chi connectivity index (χ2v) is 10.1. The van der Waals surface area contributed by atoms with Crippen molar-refractivity contribution in [3.05, 3.63) is 33.6 Å². The molecule has 1 aromatic carbocycles. The molecule has 164 valence electrons. The molecule has 1 aliphatic rings. The van der Waals surface area contributed by atoms with Crippen molar-refractivity contribution in [3.63, 3.8) is 0 Å². The number of halogens is 2. The summed E-state index contributed by atoms with van der Waals surface area (Å²) in [5.41, 5.74) is 1.11. The van der Waals surface area contributed by atoms with E-state index in [0.717, 1.165) is 0 Å². The first-order valence-electron chi connectivity index (χ1n) is 9.66. The quantitative estimate of drug-likeness (QED) is 0.539. The molecule has 1 aromatic heterocycles. The molecule has 1 atom stereocenters. The predicted octanol–water partition coefficient (Wildman–Crippen LogP) is 3.21. The van der Waals surface area contributed by atoms with Crippen LogP contribution >= 0.6 is 0 Å². The number of rotatable bonds is 4. The van der Waals surface area contributed by atoms with Crippen molar-refractivity contribution in [1.29, 1.82) is 0 Å². The van der Waals surface area contributed by atoms with Gasteiger partial charge in [-0.1, -0.05) is 4.40 Å². The van der Waals surface area contributed by atoms with Crippen LogP contribution in [0.15, 0.2) is 21.3 Å². The molecule has 3 rings (SSSR count). The van der Waals surface area contributed by atoms with Crippen molar-refractivity contribution in [2.24, 2.45) is 4.40 Å². The van der Waals surface area contributed by atoms with E-state index in [9.17, 15) is 18.1 Å². The number of morpholine rings is 1. The Morgan fingerprint density at radius 2 is 1.93 bits per heavy atom. The van der Waals surface area contributed by atoms with E-state index in [1.807, 2.05) is 20.8 Å². The Kier molecular flexibility index (Phi) is 6.49. The van der Waals surface area contributed by atoms with Crippen LogP contribution in [-0.2, 0) is 16.1 Å². The Morgan fingerprint density at radius 1 is 1.30 bits per heavy atom. The second-order valence-electron chi connectivity index (χ2n) is 8.21. The molecule has 1 saturated heterocycles. The Balaban J connectivity index is 2.28. The highest BCUT2D eigenvalue weighted by Crippen LogP contribution is 2.26. The molecule has 0 unspecified atom stereocenters. The normalized spacial score (nSPS) is 17.1. The van der Waals surface area contributed by atoms with Gasteiger partial charge in [-0.25, -0.2) is 9.55 Å². The predicted molar refractivity (Wildman–Crippen MR) is 115 cm³/mol. The average molecular weight is 441 g/mol.